The van der Waals surface area contributed by atoms with Gasteiger partial charge in [-0.1, -0.05) is 23.7 Å². The Balaban J connectivity index is 2.50. The van der Waals surface area contributed by atoms with Crippen LogP contribution in [0.2, 0.25) is 5.02 Å². The van der Waals surface area contributed by atoms with E-state index in [9.17, 15) is 14.4 Å². The second-order valence-corrected chi connectivity index (χ2v) is 4.56. The molecule has 0 radical (unpaired) electrons. The van der Waals surface area contributed by atoms with Crippen LogP contribution in [-0.4, -0.2) is 36.2 Å². The molecule has 0 unspecified atom stereocenters. The van der Waals surface area contributed by atoms with Crippen molar-refractivity contribution in [2.24, 2.45) is 0 Å². The van der Waals surface area contributed by atoms with E-state index in [0.717, 1.165) is 12.7 Å². The van der Waals surface area contributed by atoms with Crippen LogP contribution in [0.4, 0.5) is 4.79 Å². The fraction of sp³-hybridized carbons (Fsp3) is 0.308. The Labute approximate surface area is 126 Å². The number of aliphatic carboxylic acids is 1. The summed E-state index contributed by atoms with van der Waals surface area (Å²) in [5, 5.41) is 14.1. The van der Waals surface area contributed by atoms with Crippen molar-refractivity contribution in [1.82, 2.24) is 10.6 Å². The summed E-state index contributed by atoms with van der Waals surface area (Å²) in [6.45, 7) is 0.178. The summed E-state index contributed by atoms with van der Waals surface area (Å²) in [5.41, 5.74) is 0.762. The van der Waals surface area contributed by atoms with E-state index in [2.05, 4.69) is 15.4 Å². The first-order chi connectivity index (χ1) is 9.92. The maximum atomic E-state index is 11.6. The highest BCUT2D eigenvalue weighted by molar-refractivity contribution is 6.30. The first-order valence-electron chi connectivity index (χ1n) is 6.00. The third kappa shape index (κ3) is 6.13. The molecule has 0 bridgehead atoms. The van der Waals surface area contributed by atoms with Crippen LogP contribution in [0.3, 0.4) is 0 Å². The van der Waals surface area contributed by atoms with Gasteiger partial charge in [0.05, 0.1) is 13.5 Å². The van der Waals surface area contributed by atoms with E-state index in [0.29, 0.717) is 5.02 Å². The molecule has 1 atom stereocenters. The molecule has 2 amide bonds. The Morgan fingerprint density at radius 1 is 1.38 bits per heavy atom. The van der Waals surface area contributed by atoms with Gasteiger partial charge in [-0.2, -0.15) is 0 Å². The number of methoxy groups -OCH3 is 1. The summed E-state index contributed by atoms with van der Waals surface area (Å²) >= 11 is 5.80. The highest BCUT2D eigenvalue weighted by Crippen LogP contribution is 2.10. The Kier molecular flexibility index (Phi) is 6.48. The Bertz CT molecular complexity index is 535. The zero-order chi connectivity index (χ0) is 15.8. The van der Waals surface area contributed by atoms with Gasteiger partial charge in [-0.05, 0) is 17.7 Å². The minimum absolute atomic E-state index is 0.178. The van der Waals surface area contributed by atoms with Gasteiger partial charge in [0, 0.05) is 11.6 Å². The van der Waals surface area contributed by atoms with Gasteiger partial charge in [0.15, 0.2) is 0 Å². The Morgan fingerprint density at radius 2 is 2.10 bits per heavy atom. The molecule has 21 heavy (non-hydrogen) atoms. The lowest BCUT2D eigenvalue weighted by molar-refractivity contribution is -0.147. The molecule has 0 aromatic heterocycles. The molecular formula is C13H15ClN2O5. The van der Waals surface area contributed by atoms with Crippen LogP contribution in [0.1, 0.15) is 12.0 Å². The van der Waals surface area contributed by atoms with Crippen LogP contribution in [0.15, 0.2) is 24.3 Å². The Hall–Kier alpha value is -2.28. The lowest BCUT2D eigenvalue weighted by atomic mass is 10.2. The topological polar surface area (TPSA) is 105 Å². The zero-order valence-corrected chi connectivity index (χ0v) is 12.0. The molecule has 0 aliphatic carbocycles. The van der Waals surface area contributed by atoms with Gasteiger partial charge >= 0.3 is 18.0 Å². The quantitative estimate of drug-likeness (QED) is 0.683. The van der Waals surface area contributed by atoms with E-state index in [1.807, 2.05) is 0 Å². The number of halogens is 1. The molecule has 0 aliphatic heterocycles. The zero-order valence-electron chi connectivity index (χ0n) is 11.3. The van der Waals surface area contributed by atoms with Crippen molar-refractivity contribution >= 4 is 29.6 Å². The van der Waals surface area contributed by atoms with Gasteiger partial charge in [0.25, 0.3) is 0 Å². The fourth-order valence-corrected chi connectivity index (χ4v) is 1.70. The van der Waals surface area contributed by atoms with Crippen LogP contribution in [0.25, 0.3) is 0 Å². The van der Waals surface area contributed by atoms with Gasteiger partial charge in [-0.25, -0.2) is 9.59 Å². The molecule has 1 rings (SSSR count). The third-order valence-electron chi connectivity index (χ3n) is 2.54. The highest BCUT2D eigenvalue weighted by atomic mass is 35.5. The van der Waals surface area contributed by atoms with Gasteiger partial charge in [-0.3, -0.25) is 4.79 Å². The Morgan fingerprint density at radius 3 is 2.67 bits per heavy atom. The van der Waals surface area contributed by atoms with Crippen molar-refractivity contribution in [2.75, 3.05) is 7.11 Å². The lowest BCUT2D eigenvalue weighted by Gasteiger charge is -2.14. The maximum Gasteiger partial charge on any atom is 0.326 e. The minimum Gasteiger partial charge on any atom is -0.480 e. The number of carboxylic acids is 1. The molecule has 1 aromatic rings. The molecule has 0 saturated heterocycles. The number of carboxylic acid groups (broad SMARTS) is 1. The average molecular weight is 315 g/mol. The number of amides is 2. The van der Waals surface area contributed by atoms with Gasteiger partial charge in [0.1, 0.15) is 6.04 Å². The van der Waals surface area contributed by atoms with Crippen molar-refractivity contribution < 1.29 is 24.2 Å². The van der Waals surface area contributed by atoms with Gasteiger partial charge < -0.3 is 20.5 Å². The number of esters is 1. The van der Waals surface area contributed by atoms with Crippen LogP contribution in [0, 0.1) is 0 Å². The van der Waals surface area contributed by atoms with E-state index in [1.165, 1.54) is 0 Å². The molecule has 0 fully saturated rings. The normalized spacial score (nSPS) is 11.3. The van der Waals surface area contributed by atoms with Crippen LogP contribution in [0.5, 0.6) is 0 Å². The SMILES string of the molecule is COC(=O)C[C@H](NC(=O)NCc1cccc(Cl)c1)C(=O)O. The van der Waals surface area contributed by atoms with Crippen LogP contribution >= 0.6 is 11.6 Å². The molecule has 0 saturated carbocycles. The number of ether oxygens (including phenoxy) is 1. The average Bonchev–Trinajstić information content (AvgIpc) is 2.44. The lowest BCUT2D eigenvalue weighted by Crippen LogP contribution is -2.46. The summed E-state index contributed by atoms with van der Waals surface area (Å²) in [4.78, 5) is 33.6. The van der Waals surface area contributed by atoms with E-state index in [1.54, 1.807) is 24.3 Å². The maximum absolute atomic E-state index is 11.6. The van der Waals surface area contributed by atoms with E-state index in [4.69, 9.17) is 16.7 Å². The second-order valence-electron chi connectivity index (χ2n) is 4.13. The number of hydrogen-bond acceptors (Lipinski definition) is 4. The smallest absolute Gasteiger partial charge is 0.326 e. The van der Waals surface area contributed by atoms with E-state index >= 15 is 0 Å². The summed E-state index contributed by atoms with van der Waals surface area (Å²) < 4.78 is 4.37. The molecular weight excluding hydrogens is 300 g/mol. The highest BCUT2D eigenvalue weighted by Gasteiger charge is 2.23. The third-order valence-corrected chi connectivity index (χ3v) is 2.78. The van der Waals surface area contributed by atoms with Crippen molar-refractivity contribution in [1.29, 1.82) is 0 Å². The largest absolute Gasteiger partial charge is 0.480 e. The van der Waals surface area contributed by atoms with Crippen molar-refractivity contribution in [3.8, 4) is 0 Å². The standard InChI is InChI=1S/C13H15ClN2O5/c1-21-11(17)6-10(12(18)19)16-13(20)15-7-8-3-2-4-9(14)5-8/h2-5,10H,6-7H2,1H3,(H,18,19)(H2,15,16,20)/t10-/m0/s1. The predicted octanol–water partition coefficient (Wildman–Crippen LogP) is 1.16. The molecule has 114 valence electrons. The van der Waals surface area contributed by atoms with Crippen molar-refractivity contribution in [3.05, 3.63) is 34.9 Å². The van der Waals surface area contributed by atoms with Crippen LogP contribution < -0.4 is 10.6 Å². The number of benzene rings is 1. The van der Waals surface area contributed by atoms with Gasteiger partial charge in [0.2, 0.25) is 0 Å². The number of nitrogens with one attached hydrogen (secondary N) is 2. The van der Waals surface area contributed by atoms with Crippen molar-refractivity contribution in [2.45, 2.75) is 19.0 Å². The first-order valence-corrected chi connectivity index (χ1v) is 6.38. The molecule has 0 heterocycles. The van der Waals surface area contributed by atoms with Crippen LogP contribution in [-0.2, 0) is 20.9 Å². The molecule has 1 aromatic carbocycles. The first kappa shape index (κ1) is 16.8. The molecule has 3 N–H and O–H groups in total. The van der Waals surface area contributed by atoms with E-state index < -0.39 is 30.4 Å². The summed E-state index contributed by atoms with van der Waals surface area (Å²) in [6.07, 6.45) is -0.448. The molecule has 0 spiro atoms. The second kappa shape index (κ2) is 8.11. The fourth-order valence-electron chi connectivity index (χ4n) is 1.49. The van der Waals surface area contributed by atoms with E-state index in [-0.39, 0.29) is 6.54 Å². The number of carbonyl (C=O) groups excluding carboxylic acids is 2. The van der Waals surface area contributed by atoms with Crippen molar-refractivity contribution in [3.63, 3.8) is 0 Å². The summed E-state index contributed by atoms with van der Waals surface area (Å²) in [5.74, 6) is -2.05. The summed E-state index contributed by atoms with van der Waals surface area (Å²) in [6, 6.07) is 4.81. The van der Waals surface area contributed by atoms with Gasteiger partial charge in [-0.15, -0.1) is 0 Å². The number of hydrogen-bond donors (Lipinski definition) is 3. The molecule has 0 aliphatic rings. The molecule has 7 nitrogen and oxygen atoms in total. The number of urea groups is 1. The monoisotopic (exact) mass is 314 g/mol. The predicted molar refractivity (Wildman–Crippen MR) is 74.9 cm³/mol. The number of carbonyl (C=O) groups is 3. The minimum atomic E-state index is -1.35. The number of rotatable bonds is 6. The summed E-state index contributed by atoms with van der Waals surface area (Å²) in [7, 11) is 1.14. The molecule has 8 heteroatoms.